The maximum atomic E-state index is 11.1. The Labute approximate surface area is 210 Å². The zero-order valence-electron chi connectivity index (χ0n) is 19.4. The Morgan fingerprint density at radius 3 is 2.29 bits per heavy atom. The number of allylic oxidation sites excluding steroid dienone is 5. The number of benzene rings is 2. The topological polar surface area (TPSA) is 82.8 Å². The van der Waals surface area contributed by atoms with E-state index in [1.807, 2.05) is 42.5 Å². The van der Waals surface area contributed by atoms with Crippen LogP contribution in [0.1, 0.15) is 47.2 Å². The number of hydrogen-bond acceptors (Lipinski definition) is 4. The third kappa shape index (κ3) is 7.01. The number of pyridine rings is 1. The van der Waals surface area contributed by atoms with Gasteiger partial charge in [-0.3, -0.25) is 0 Å². The molecule has 1 aromatic heterocycles. The molecule has 0 aliphatic rings. The van der Waals surface area contributed by atoms with Crippen molar-refractivity contribution in [2.75, 3.05) is 0 Å². The van der Waals surface area contributed by atoms with Crippen molar-refractivity contribution in [1.82, 2.24) is 4.98 Å². The molecule has 1 heterocycles. The first-order valence-corrected chi connectivity index (χ1v) is 11.6. The molecule has 2 N–H and O–H groups in total. The summed E-state index contributed by atoms with van der Waals surface area (Å²) in [6, 6.07) is 18.2. The molecule has 3 aromatic rings. The fourth-order valence-electron chi connectivity index (χ4n) is 3.68. The van der Waals surface area contributed by atoms with E-state index in [4.69, 9.17) is 16.7 Å². The maximum Gasteiger partial charge on any atom is 0.335 e. The Bertz CT molecular complexity index is 1260. The summed E-state index contributed by atoms with van der Waals surface area (Å²) >= 11 is 6.05. The largest absolute Gasteiger partial charge is 0.478 e. The van der Waals surface area contributed by atoms with E-state index in [0.717, 1.165) is 28.7 Å². The fraction of sp³-hybridized carbons (Fsp3) is 0.138. The first-order chi connectivity index (χ1) is 16.9. The van der Waals surface area contributed by atoms with E-state index in [1.165, 1.54) is 0 Å². The lowest BCUT2D eigenvalue weighted by molar-refractivity contribution is 0.0697. The molecule has 5 nitrogen and oxygen atoms in total. The molecule has 0 fully saturated rings. The maximum absolute atomic E-state index is 11.1. The van der Waals surface area contributed by atoms with Gasteiger partial charge in [0.05, 0.1) is 11.3 Å². The van der Waals surface area contributed by atoms with Crippen LogP contribution >= 0.6 is 11.6 Å². The van der Waals surface area contributed by atoms with Crippen LogP contribution in [0.25, 0.3) is 11.1 Å². The van der Waals surface area contributed by atoms with Crippen molar-refractivity contribution in [3.63, 3.8) is 0 Å². The summed E-state index contributed by atoms with van der Waals surface area (Å²) in [4.78, 5) is 15.1. The molecule has 2 aromatic carbocycles. The van der Waals surface area contributed by atoms with Crippen LogP contribution in [-0.2, 0) is 0 Å². The second-order valence-corrected chi connectivity index (χ2v) is 8.33. The molecule has 3 rings (SSSR count). The number of hydrogen-bond donors (Lipinski definition) is 2. The van der Waals surface area contributed by atoms with E-state index in [1.54, 1.807) is 42.6 Å². The van der Waals surface area contributed by atoms with Crippen LogP contribution in [0, 0.1) is 0 Å². The number of aromatic nitrogens is 1. The fourth-order valence-corrected chi connectivity index (χ4v) is 3.85. The summed E-state index contributed by atoms with van der Waals surface area (Å²) in [6.45, 7) is 6.36. The van der Waals surface area contributed by atoms with Crippen molar-refractivity contribution >= 4 is 23.3 Å². The Morgan fingerprint density at radius 2 is 1.71 bits per heavy atom. The van der Waals surface area contributed by atoms with Crippen LogP contribution in [-0.4, -0.2) is 27.0 Å². The molecule has 0 spiro atoms. The van der Waals surface area contributed by atoms with Crippen LogP contribution in [0.15, 0.2) is 108 Å². The molecule has 0 amide bonds. The highest BCUT2D eigenvalue weighted by Crippen LogP contribution is 2.32. The van der Waals surface area contributed by atoms with Crippen molar-refractivity contribution in [3.8, 4) is 11.1 Å². The van der Waals surface area contributed by atoms with Gasteiger partial charge in [0, 0.05) is 24.1 Å². The van der Waals surface area contributed by atoms with E-state index < -0.39 is 5.97 Å². The molecule has 6 heteroatoms. The molecule has 178 valence electrons. The van der Waals surface area contributed by atoms with Crippen molar-refractivity contribution in [3.05, 3.63) is 125 Å². The van der Waals surface area contributed by atoms with E-state index in [-0.39, 0.29) is 11.5 Å². The first-order valence-electron chi connectivity index (χ1n) is 11.2. The highest BCUT2D eigenvalue weighted by Gasteiger charge is 2.19. The summed E-state index contributed by atoms with van der Waals surface area (Å²) in [6.07, 6.45) is 10.9. The predicted octanol–water partition coefficient (Wildman–Crippen LogP) is 7.53. The van der Waals surface area contributed by atoms with Crippen molar-refractivity contribution in [2.45, 2.75) is 25.7 Å². The van der Waals surface area contributed by atoms with Gasteiger partial charge in [-0.2, -0.15) is 0 Å². The van der Waals surface area contributed by atoms with Gasteiger partial charge in [0.1, 0.15) is 5.15 Å². The zero-order chi connectivity index (χ0) is 25.2. The smallest absolute Gasteiger partial charge is 0.335 e. The third-order valence-corrected chi connectivity index (χ3v) is 5.80. The van der Waals surface area contributed by atoms with E-state index in [9.17, 15) is 10.0 Å². The Kier molecular flexibility index (Phi) is 9.16. The summed E-state index contributed by atoms with van der Waals surface area (Å²) in [5, 5.41) is 22.8. The molecule has 35 heavy (non-hydrogen) atoms. The van der Waals surface area contributed by atoms with Gasteiger partial charge in [0.25, 0.3) is 0 Å². The number of aromatic carboxylic acids is 1. The van der Waals surface area contributed by atoms with Crippen molar-refractivity contribution in [2.24, 2.45) is 5.16 Å². The highest BCUT2D eigenvalue weighted by molar-refractivity contribution is 6.29. The predicted molar refractivity (Wildman–Crippen MR) is 141 cm³/mol. The Hall–Kier alpha value is -3.96. The van der Waals surface area contributed by atoms with Gasteiger partial charge >= 0.3 is 5.97 Å². The lowest BCUT2D eigenvalue weighted by atomic mass is 9.85. The van der Waals surface area contributed by atoms with E-state index in [0.29, 0.717) is 22.8 Å². The summed E-state index contributed by atoms with van der Waals surface area (Å²) in [5.41, 5.74) is 5.18. The minimum atomic E-state index is -0.952. The third-order valence-electron chi connectivity index (χ3n) is 5.60. The first kappa shape index (κ1) is 25.7. The van der Waals surface area contributed by atoms with Crippen LogP contribution in [0.5, 0.6) is 0 Å². The number of halogens is 1. The molecule has 0 unspecified atom stereocenters. The number of nitrogens with zero attached hydrogens (tertiary/aromatic N) is 2. The average molecular weight is 487 g/mol. The molecule has 0 saturated heterocycles. The van der Waals surface area contributed by atoms with Gasteiger partial charge in [-0.15, -0.1) is 0 Å². The summed E-state index contributed by atoms with van der Waals surface area (Å²) < 4.78 is 0. The van der Waals surface area contributed by atoms with E-state index >= 15 is 0 Å². The molecular formula is C29H27ClN2O3. The van der Waals surface area contributed by atoms with Crippen LogP contribution in [0.4, 0.5) is 0 Å². The SMILES string of the molecule is C=C(/C=C\C=C/CC)[C@H](C/C(=N\O)c1ccnc(Cl)c1)c1ccc(-c2ccc(C(=O)O)cc2)cc1. The lowest BCUT2D eigenvalue weighted by Crippen LogP contribution is -2.10. The number of carboxylic acids is 1. The molecule has 0 aliphatic carbocycles. The molecule has 0 radical (unpaired) electrons. The van der Waals surface area contributed by atoms with Gasteiger partial charge < -0.3 is 10.3 Å². The molecule has 0 bridgehead atoms. The number of carbonyl (C=O) groups is 1. The second kappa shape index (κ2) is 12.5. The van der Waals surface area contributed by atoms with Gasteiger partial charge in [-0.25, -0.2) is 9.78 Å². The van der Waals surface area contributed by atoms with Gasteiger partial charge in [-0.05, 0) is 52.9 Å². The second-order valence-electron chi connectivity index (χ2n) is 7.95. The van der Waals surface area contributed by atoms with E-state index in [2.05, 4.69) is 29.7 Å². The highest BCUT2D eigenvalue weighted by atomic mass is 35.5. The van der Waals surface area contributed by atoms with Crippen LogP contribution in [0.2, 0.25) is 5.15 Å². The van der Waals surface area contributed by atoms with Crippen LogP contribution in [0.3, 0.4) is 0 Å². The summed E-state index contributed by atoms with van der Waals surface area (Å²) in [5.74, 6) is -1.10. The molecular weight excluding hydrogens is 460 g/mol. The van der Waals surface area contributed by atoms with Crippen molar-refractivity contribution < 1.29 is 15.1 Å². The minimum Gasteiger partial charge on any atom is -0.478 e. The molecule has 1 atom stereocenters. The number of rotatable bonds is 10. The average Bonchev–Trinajstić information content (AvgIpc) is 2.87. The lowest BCUT2D eigenvalue weighted by Gasteiger charge is -2.19. The molecule has 0 saturated carbocycles. The monoisotopic (exact) mass is 486 g/mol. The minimum absolute atomic E-state index is 0.150. The summed E-state index contributed by atoms with van der Waals surface area (Å²) in [7, 11) is 0. The van der Waals surface area contributed by atoms with Gasteiger partial charge in [-0.1, -0.05) is 91.0 Å². The normalized spacial score (nSPS) is 12.8. The van der Waals surface area contributed by atoms with Gasteiger partial charge in [0.2, 0.25) is 0 Å². The molecule has 0 aliphatic heterocycles. The van der Waals surface area contributed by atoms with Crippen LogP contribution < -0.4 is 0 Å². The van der Waals surface area contributed by atoms with Crippen molar-refractivity contribution in [1.29, 1.82) is 0 Å². The Morgan fingerprint density at radius 1 is 1.06 bits per heavy atom. The van der Waals surface area contributed by atoms with Gasteiger partial charge in [0.15, 0.2) is 0 Å². The number of carboxylic acid groups (broad SMARTS) is 1. The number of oxime groups is 1. The zero-order valence-corrected chi connectivity index (χ0v) is 20.2. The Balaban J connectivity index is 1.91. The standard InChI is InChI=1S/C29H27ClN2O3/c1-3-4-5-6-7-20(2)26(19-27(32-35)25-16-17-31-28(30)18-25)23-12-8-21(9-13-23)22-10-14-24(15-11-22)29(33)34/h4-18,26,35H,2-3,19H2,1H3,(H,33,34)/b5-4-,7-6-,32-27+/t26-/m0/s1. The quantitative estimate of drug-likeness (QED) is 0.102.